The highest BCUT2D eigenvalue weighted by Crippen LogP contribution is 2.11. The molecule has 0 heterocycles. The fraction of sp³-hybridized carbons (Fsp3) is 0.375. The first-order chi connectivity index (χ1) is 9.93. The molecule has 1 amide bonds. The van der Waals surface area contributed by atoms with Crippen LogP contribution in [0.3, 0.4) is 0 Å². The van der Waals surface area contributed by atoms with Gasteiger partial charge in [-0.05, 0) is 37.5 Å². The van der Waals surface area contributed by atoms with E-state index in [2.05, 4.69) is 5.32 Å². The molecule has 114 valence electrons. The molecule has 2 unspecified atom stereocenters. The maximum Gasteiger partial charge on any atom is 0.326 e. The van der Waals surface area contributed by atoms with Gasteiger partial charge in [-0.3, -0.25) is 4.79 Å². The molecule has 5 heteroatoms. The quantitative estimate of drug-likeness (QED) is 0.759. The number of carbonyl (C=O) groups is 2. The summed E-state index contributed by atoms with van der Waals surface area (Å²) in [7, 11) is 0. The predicted molar refractivity (Wildman–Crippen MR) is 78.3 cm³/mol. The Labute approximate surface area is 123 Å². The minimum Gasteiger partial charge on any atom is -0.480 e. The Morgan fingerprint density at radius 1 is 1.43 bits per heavy atom. The monoisotopic (exact) mass is 293 g/mol. The van der Waals surface area contributed by atoms with Gasteiger partial charge in [-0.1, -0.05) is 31.2 Å². The molecule has 1 rings (SSSR count). The predicted octanol–water partition coefficient (Wildman–Crippen LogP) is 2.54. The standard InChI is InChI=1S/C16H20FNO3/c1-3-4-8-14(16(20)21)18-15(19)11(2)9-12-6-5-7-13(17)10-12/h3-7,10-11,14H,8-9H2,1-2H3,(H,18,19)(H,20,21)/b4-3+. The molecule has 21 heavy (non-hydrogen) atoms. The second-order valence-electron chi connectivity index (χ2n) is 4.94. The summed E-state index contributed by atoms with van der Waals surface area (Å²) in [5.74, 6) is -2.20. The van der Waals surface area contributed by atoms with Crippen LogP contribution in [-0.4, -0.2) is 23.0 Å². The van der Waals surface area contributed by atoms with Gasteiger partial charge < -0.3 is 10.4 Å². The third-order valence-electron chi connectivity index (χ3n) is 3.10. The number of carboxylic acids is 1. The van der Waals surface area contributed by atoms with Crippen LogP contribution in [0.1, 0.15) is 25.8 Å². The maximum absolute atomic E-state index is 13.1. The Morgan fingerprint density at radius 3 is 2.71 bits per heavy atom. The van der Waals surface area contributed by atoms with Crippen LogP contribution in [0.5, 0.6) is 0 Å². The average Bonchev–Trinajstić information content (AvgIpc) is 2.42. The van der Waals surface area contributed by atoms with Gasteiger partial charge >= 0.3 is 5.97 Å². The number of carboxylic acid groups (broad SMARTS) is 1. The van der Waals surface area contributed by atoms with Crippen LogP contribution in [-0.2, 0) is 16.0 Å². The summed E-state index contributed by atoms with van der Waals surface area (Å²) in [5, 5.41) is 11.6. The van der Waals surface area contributed by atoms with Gasteiger partial charge in [0.15, 0.2) is 0 Å². The third kappa shape index (κ3) is 5.77. The van der Waals surface area contributed by atoms with Gasteiger partial charge in [0.1, 0.15) is 11.9 Å². The topological polar surface area (TPSA) is 66.4 Å². The van der Waals surface area contributed by atoms with Crippen LogP contribution in [0.2, 0.25) is 0 Å². The molecule has 0 bridgehead atoms. The van der Waals surface area contributed by atoms with Gasteiger partial charge in [-0.15, -0.1) is 0 Å². The molecule has 0 saturated heterocycles. The summed E-state index contributed by atoms with van der Waals surface area (Å²) in [6.45, 7) is 3.47. The highest BCUT2D eigenvalue weighted by atomic mass is 19.1. The lowest BCUT2D eigenvalue weighted by atomic mass is 9.99. The van der Waals surface area contributed by atoms with Crippen molar-refractivity contribution in [2.75, 3.05) is 0 Å². The van der Waals surface area contributed by atoms with Crippen molar-refractivity contribution in [1.82, 2.24) is 5.32 Å². The number of benzene rings is 1. The molecule has 0 aliphatic carbocycles. The van der Waals surface area contributed by atoms with Crippen molar-refractivity contribution >= 4 is 11.9 Å². The van der Waals surface area contributed by atoms with Crippen molar-refractivity contribution in [2.24, 2.45) is 5.92 Å². The number of allylic oxidation sites excluding steroid dienone is 1. The van der Waals surface area contributed by atoms with Gasteiger partial charge in [0, 0.05) is 5.92 Å². The molecule has 0 aliphatic rings. The van der Waals surface area contributed by atoms with Gasteiger partial charge in [0.2, 0.25) is 5.91 Å². The Balaban J connectivity index is 2.62. The normalized spacial score (nSPS) is 13.9. The van der Waals surface area contributed by atoms with Gasteiger partial charge in [-0.2, -0.15) is 0 Å². The van der Waals surface area contributed by atoms with Gasteiger partial charge in [0.25, 0.3) is 0 Å². The number of nitrogens with one attached hydrogen (secondary N) is 1. The lowest BCUT2D eigenvalue weighted by molar-refractivity contribution is -0.142. The van der Waals surface area contributed by atoms with Gasteiger partial charge in [-0.25, -0.2) is 9.18 Å². The molecule has 0 radical (unpaired) electrons. The number of carbonyl (C=O) groups excluding carboxylic acids is 1. The van der Waals surface area contributed by atoms with E-state index in [9.17, 15) is 14.0 Å². The Hall–Kier alpha value is -2.17. The van der Waals surface area contributed by atoms with Crippen LogP contribution < -0.4 is 5.32 Å². The average molecular weight is 293 g/mol. The van der Waals surface area contributed by atoms with E-state index in [1.807, 2.05) is 0 Å². The second-order valence-corrected chi connectivity index (χ2v) is 4.94. The molecular formula is C16H20FNO3. The van der Waals surface area contributed by atoms with E-state index in [0.29, 0.717) is 12.0 Å². The molecule has 1 aromatic rings. The number of amides is 1. The van der Waals surface area contributed by atoms with Crippen LogP contribution >= 0.6 is 0 Å². The largest absolute Gasteiger partial charge is 0.480 e. The molecular weight excluding hydrogens is 273 g/mol. The minimum absolute atomic E-state index is 0.240. The van der Waals surface area contributed by atoms with Crippen LogP contribution in [0.25, 0.3) is 0 Å². The van der Waals surface area contributed by atoms with E-state index in [4.69, 9.17) is 5.11 Å². The second kappa shape index (κ2) is 8.19. The summed E-state index contributed by atoms with van der Waals surface area (Å²) in [6, 6.07) is 5.09. The van der Waals surface area contributed by atoms with Crippen molar-refractivity contribution in [3.05, 3.63) is 47.8 Å². The lowest BCUT2D eigenvalue weighted by Crippen LogP contribution is -2.43. The summed E-state index contributed by atoms with van der Waals surface area (Å²) >= 11 is 0. The summed E-state index contributed by atoms with van der Waals surface area (Å²) in [5.41, 5.74) is 0.706. The lowest BCUT2D eigenvalue weighted by Gasteiger charge is -2.17. The zero-order valence-corrected chi connectivity index (χ0v) is 12.2. The van der Waals surface area contributed by atoms with Crippen LogP contribution in [0.15, 0.2) is 36.4 Å². The van der Waals surface area contributed by atoms with E-state index >= 15 is 0 Å². The van der Waals surface area contributed by atoms with Crippen LogP contribution in [0.4, 0.5) is 4.39 Å². The number of rotatable bonds is 7. The van der Waals surface area contributed by atoms with Crippen molar-refractivity contribution in [2.45, 2.75) is 32.7 Å². The Morgan fingerprint density at radius 2 is 2.14 bits per heavy atom. The van der Waals surface area contributed by atoms with Crippen molar-refractivity contribution in [1.29, 1.82) is 0 Å². The number of hydrogen-bond donors (Lipinski definition) is 2. The molecule has 0 aromatic heterocycles. The number of aliphatic carboxylic acids is 1. The SMILES string of the molecule is C/C=C/CC(NC(=O)C(C)Cc1cccc(F)c1)C(=O)O. The fourth-order valence-corrected chi connectivity index (χ4v) is 1.92. The smallest absolute Gasteiger partial charge is 0.326 e. The fourth-order valence-electron chi connectivity index (χ4n) is 1.92. The molecule has 2 N–H and O–H groups in total. The Bertz CT molecular complexity index is 528. The number of halogens is 1. The van der Waals surface area contributed by atoms with E-state index in [-0.39, 0.29) is 18.1 Å². The van der Waals surface area contributed by atoms with Crippen molar-refractivity contribution < 1.29 is 19.1 Å². The van der Waals surface area contributed by atoms with Crippen molar-refractivity contribution in [3.63, 3.8) is 0 Å². The molecule has 0 fully saturated rings. The first kappa shape index (κ1) is 16.9. The molecule has 0 aliphatic heterocycles. The zero-order chi connectivity index (χ0) is 15.8. The van der Waals surface area contributed by atoms with E-state index in [1.165, 1.54) is 12.1 Å². The highest BCUT2D eigenvalue weighted by Gasteiger charge is 2.22. The minimum atomic E-state index is -1.07. The zero-order valence-electron chi connectivity index (χ0n) is 12.2. The first-order valence-corrected chi connectivity index (χ1v) is 6.82. The van der Waals surface area contributed by atoms with E-state index in [0.717, 1.165) is 0 Å². The summed E-state index contributed by atoms with van der Waals surface area (Å²) in [6.07, 6.45) is 4.03. The molecule has 4 nitrogen and oxygen atoms in total. The van der Waals surface area contributed by atoms with Crippen LogP contribution in [0, 0.1) is 11.7 Å². The van der Waals surface area contributed by atoms with E-state index in [1.54, 1.807) is 38.1 Å². The highest BCUT2D eigenvalue weighted by molar-refractivity contribution is 5.85. The molecule has 0 saturated carbocycles. The van der Waals surface area contributed by atoms with E-state index < -0.39 is 17.9 Å². The van der Waals surface area contributed by atoms with Gasteiger partial charge in [0.05, 0.1) is 0 Å². The molecule has 1 aromatic carbocycles. The third-order valence-corrected chi connectivity index (χ3v) is 3.10. The maximum atomic E-state index is 13.1. The number of hydrogen-bond acceptors (Lipinski definition) is 2. The summed E-state index contributed by atoms with van der Waals surface area (Å²) < 4.78 is 13.1. The first-order valence-electron chi connectivity index (χ1n) is 6.82. The molecule has 0 spiro atoms. The van der Waals surface area contributed by atoms with Crippen molar-refractivity contribution in [3.8, 4) is 0 Å². The summed E-state index contributed by atoms with van der Waals surface area (Å²) in [4.78, 5) is 23.1. The molecule has 2 atom stereocenters. The Kier molecular flexibility index (Phi) is 6.59.